The minimum absolute atomic E-state index is 0.170. The molecule has 1 aliphatic heterocycles. The van der Waals surface area contributed by atoms with Crippen molar-refractivity contribution >= 4 is 17.2 Å². The van der Waals surface area contributed by atoms with Gasteiger partial charge in [0.15, 0.2) is 0 Å². The fourth-order valence-electron chi connectivity index (χ4n) is 2.64. The van der Waals surface area contributed by atoms with Crippen LogP contribution in [0.3, 0.4) is 0 Å². The molecule has 0 aromatic carbocycles. The molecule has 5 heteroatoms. The summed E-state index contributed by atoms with van der Waals surface area (Å²) in [7, 11) is 1.93. The van der Waals surface area contributed by atoms with Gasteiger partial charge in [0.05, 0.1) is 11.1 Å². The maximum atomic E-state index is 12.4. The van der Waals surface area contributed by atoms with E-state index in [1.807, 2.05) is 40.3 Å². The first-order valence-corrected chi connectivity index (χ1v) is 7.43. The molecule has 2 aromatic heterocycles. The summed E-state index contributed by atoms with van der Waals surface area (Å²) in [5.41, 5.74) is 1.24. The third-order valence-electron chi connectivity index (χ3n) is 3.64. The van der Waals surface area contributed by atoms with Gasteiger partial charge in [0.2, 0.25) is 0 Å². The molecule has 0 bridgehead atoms. The molecule has 0 aliphatic carbocycles. The van der Waals surface area contributed by atoms with E-state index in [2.05, 4.69) is 11.3 Å². The Morgan fingerprint density at radius 3 is 3.11 bits per heavy atom. The molecule has 4 nitrogen and oxygen atoms in total. The minimum atomic E-state index is 0.170. The predicted molar refractivity (Wildman–Crippen MR) is 75.4 cm³/mol. The Morgan fingerprint density at radius 2 is 2.42 bits per heavy atom. The molecule has 2 aromatic rings. The second kappa shape index (κ2) is 5.17. The Labute approximate surface area is 116 Å². The first-order valence-electron chi connectivity index (χ1n) is 6.55. The number of thiophene rings is 1. The highest BCUT2D eigenvalue weighted by atomic mass is 32.1. The Balaban J connectivity index is 1.73. The second-order valence-corrected chi connectivity index (χ2v) is 5.96. The van der Waals surface area contributed by atoms with Gasteiger partial charge in [-0.2, -0.15) is 5.10 Å². The van der Waals surface area contributed by atoms with Crippen LogP contribution in [0.4, 0.5) is 0 Å². The quantitative estimate of drug-likeness (QED) is 0.844. The molecule has 1 unspecified atom stereocenters. The number of piperidine rings is 1. The third-order valence-corrected chi connectivity index (χ3v) is 4.49. The monoisotopic (exact) mass is 275 g/mol. The summed E-state index contributed by atoms with van der Waals surface area (Å²) < 4.78 is 1.83. The van der Waals surface area contributed by atoms with Crippen LogP contribution in [-0.4, -0.2) is 33.7 Å². The number of carbonyl (C=O) groups excluding carboxylic acids is 1. The fraction of sp³-hybridized carbons (Fsp3) is 0.429. The van der Waals surface area contributed by atoms with Gasteiger partial charge < -0.3 is 4.90 Å². The van der Waals surface area contributed by atoms with Crippen LogP contribution in [0.2, 0.25) is 0 Å². The molecule has 1 fully saturated rings. The molecule has 0 spiro atoms. The van der Waals surface area contributed by atoms with Crippen LogP contribution >= 0.6 is 11.3 Å². The first kappa shape index (κ1) is 12.4. The van der Waals surface area contributed by atoms with Crippen molar-refractivity contribution in [3.63, 3.8) is 0 Å². The normalized spacial score (nSPS) is 19.6. The standard InChI is InChI=1S/C14H17N3OS/c1-16-9-12(8-15-16)11-4-2-6-17(10-11)14(18)13-5-3-7-19-13/h3,5,7-9,11H,2,4,6,10H2,1H3. The van der Waals surface area contributed by atoms with Crippen LogP contribution in [0.15, 0.2) is 29.9 Å². The van der Waals surface area contributed by atoms with E-state index in [9.17, 15) is 4.79 Å². The van der Waals surface area contributed by atoms with Crippen molar-refractivity contribution in [1.29, 1.82) is 0 Å². The Bertz CT molecular complexity index is 561. The van der Waals surface area contributed by atoms with Gasteiger partial charge in [-0.25, -0.2) is 0 Å². The van der Waals surface area contributed by atoms with Gasteiger partial charge in [-0.3, -0.25) is 9.48 Å². The molecule has 0 radical (unpaired) electrons. The summed E-state index contributed by atoms with van der Waals surface area (Å²) in [5, 5.41) is 6.18. The van der Waals surface area contributed by atoms with Crippen LogP contribution < -0.4 is 0 Å². The summed E-state index contributed by atoms with van der Waals surface area (Å²) in [6.45, 7) is 1.68. The minimum Gasteiger partial charge on any atom is -0.337 e. The largest absolute Gasteiger partial charge is 0.337 e. The lowest BCUT2D eigenvalue weighted by atomic mass is 9.93. The third kappa shape index (κ3) is 2.56. The molecule has 1 atom stereocenters. The van der Waals surface area contributed by atoms with E-state index in [0.29, 0.717) is 5.92 Å². The van der Waals surface area contributed by atoms with Crippen molar-refractivity contribution in [2.75, 3.05) is 13.1 Å². The number of nitrogens with zero attached hydrogens (tertiary/aromatic N) is 3. The highest BCUT2D eigenvalue weighted by Crippen LogP contribution is 2.27. The predicted octanol–water partition coefficient (Wildman–Crippen LogP) is 2.50. The number of rotatable bonds is 2. The van der Waals surface area contributed by atoms with Crippen LogP contribution in [-0.2, 0) is 7.05 Å². The highest BCUT2D eigenvalue weighted by Gasteiger charge is 2.26. The number of aryl methyl sites for hydroxylation is 1. The maximum absolute atomic E-state index is 12.4. The van der Waals surface area contributed by atoms with Gasteiger partial charge >= 0.3 is 0 Å². The van der Waals surface area contributed by atoms with E-state index in [0.717, 1.165) is 30.8 Å². The van der Waals surface area contributed by atoms with Gasteiger partial charge in [0, 0.05) is 32.3 Å². The summed E-state index contributed by atoms with van der Waals surface area (Å²) in [6.07, 6.45) is 6.18. The highest BCUT2D eigenvalue weighted by molar-refractivity contribution is 7.12. The van der Waals surface area contributed by atoms with Gasteiger partial charge in [-0.15, -0.1) is 11.3 Å². The molecular weight excluding hydrogens is 258 g/mol. The fourth-order valence-corrected chi connectivity index (χ4v) is 3.33. The lowest BCUT2D eigenvalue weighted by molar-refractivity contribution is 0.0712. The topological polar surface area (TPSA) is 38.1 Å². The lowest BCUT2D eigenvalue weighted by Crippen LogP contribution is -2.38. The van der Waals surface area contributed by atoms with Crippen LogP contribution in [0.5, 0.6) is 0 Å². The first-order chi connectivity index (χ1) is 9.24. The summed E-state index contributed by atoms with van der Waals surface area (Å²) >= 11 is 1.52. The maximum Gasteiger partial charge on any atom is 0.263 e. The Hall–Kier alpha value is -1.62. The molecule has 1 amide bonds. The smallest absolute Gasteiger partial charge is 0.263 e. The van der Waals surface area contributed by atoms with E-state index in [4.69, 9.17) is 0 Å². The molecule has 0 saturated carbocycles. The van der Waals surface area contributed by atoms with Crippen molar-refractivity contribution in [2.24, 2.45) is 7.05 Å². The van der Waals surface area contributed by atoms with Crippen LogP contribution in [0.25, 0.3) is 0 Å². The number of carbonyl (C=O) groups is 1. The van der Waals surface area contributed by atoms with E-state index in [1.165, 1.54) is 16.9 Å². The van der Waals surface area contributed by atoms with Crippen molar-refractivity contribution in [3.8, 4) is 0 Å². The van der Waals surface area contributed by atoms with E-state index in [-0.39, 0.29) is 5.91 Å². The van der Waals surface area contributed by atoms with Gasteiger partial charge in [-0.1, -0.05) is 6.07 Å². The van der Waals surface area contributed by atoms with E-state index >= 15 is 0 Å². The Kier molecular flexibility index (Phi) is 3.38. The number of amides is 1. The molecule has 1 saturated heterocycles. The molecular formula is C14H17N3OS. The summed E-state index contributed by atoms with van der Waals surface area (Å²) in [5.74, 6) is 0.593. The number of likely N-dealkylation sites (tertiary alicyclic amines) is 1. The molecule has 100 valence electrons. The van der Waals surface area contributed by atoms with Crippen molar-refractivity contribution in [1.82, 2.24) is 14.7 Å². The molecule has 19 heavy (non-hydrogen) atoms. The van der Waals surface area contributed by atoms with Crippen LogP contribution in [0.1, 0.15) is 34.0 Å². The Morgan fingerprint density at radius 1 is 1.53 bits per heavy atom. The van der Waals surface area contributed by atoms with Crippen molar-refractivity contribution in [2.45, 2.75) is 18.8 Å². The van der Waals surface area contributed by atoms with Crippen molar-refractivity contribution < 1.29 is 4.79 Å². The zero-order valence-electron chi connectivity index (χ0n) is 11.0. The molecule has 3 heterocycles. The zero-order valence-corrected chi connectivity index (χ0v) is 11.8. The van der Waals surface area contributed by atoms with Crippen molar-refractivity contribution in [3.05, 3.63) is 40.3 Å². The van der Waals surface area contributed by atoms with Gasteiger partial charge in [-0.05, 0) is 29.9 Å². The van der Waals surface area contributed by atoms with Gasteiger partial charge in [0.1, 0.15) is 0 Å². The lowest BCUT2D eigenvalue weighted by Gasteiger charge is -2.32. The molecule has 3 rings (SSSR count). The molecule has 1 aliphatic rings. The zero-order chi connectivity index (χ0) is 13.2. The summed E-state index contributed by atoms with van der Waals surface area (Å²) in [4.78, 5) is 15.2. The van der Waals surface area contributed by atoms with Crippen LogP contribution in [0, 0.1) is 0 Å². The number of hydrogen-bond donors (Lipinski definition) is 0. The van der Waals surface area contributed by atoms with E-state index in [1.54, 1.807) is 0 Å². The number of hydrogen-bond acceptors (Lipinski definition) is 3. The number of aromatic nitrogens is 2. The summed E-state index contributed by atoms with van der Waals surface area (Å²) in [6, 6.07) is 3.83. The van der Waals surface area contributed by atoms with Gasteiger partial charge in [0.25, 0.3) is 5.91 Å². The average molecular weight is 275 g/mol. The molecule has 0 N–H and O–H groups in total. The second-order valence-electron chi connectivity index (χ2n) is 5.01. The SMILES string of the molecule is Cn1cc(C2CCCN(C(=O)c3cccs3)C2)cn1. The average Bonchev–Trinajstić information content (AvgIpc) is 3.09. The van der Waals surface area contributed by atoms with E-state index < -0.39 is 0 Å².